The van der Waals surface area contributed by atoms with Gasteiger partial charge in [-0.2, -0.15) is 0 Å². The maximum atomic E-state index is 13.3. The molecule has 2 aliphatic heterocycles. The number of ketones is 1. The lowest BCUT2D eigenvalue weighted by atomic mass is 9.73. The second-order valence-corrected chi connectivity index (χ2v) is 11.2. The number of anilines is 1. The molecule has 2 aromatic carbocycles. The molecule has 4 rings (SSSR count). The lowest BCUT2D eigenvalue weighted by molar-refractivity contribution is 0.0986. The molecule has 0 spiro atoms. The second kappa shape index (κ2) is 5.72. The van der Waals surface area contributed by atoms with Crippen LogP contribution < -0.4 is 4.90 Å². The summed E-state index contributed by atoms with van der Waals surface area (Å²) in [5, 5.41) is 0. The van der Waals surface area contributed by atoms with Gasteiger partial charge in [-0.15, -0.1) is 0 Å². The molecule has 2 atom stereocenters. The highest BCUT2D eigenvalue weighted by Crippen LogP contribution is 2.60. The van der Waals surface area contributed by atoms with Gasteiger partial charge in [0.05, 0.1) is 6.04 Å². The summed E-state index contributed by atoms with van der Waals surface area (Å²) >= 11 is 0. The number of benzene rings is 2. The molecular weight excluding hydrogens is 342 g/mol. The standard InChI is InChI=1S/C26H33NO/c1-24(2,3)17-14-18(25(4,5)6)20-19(15-17)26(7,8)23-21(27(20)23)22(28)16-12-10-9-11-13-16/h9-15,21,23H,1-8H3. The molecule has 1 saturated heterocycles. The van der Waals surface area contributed by atoms with Gasteiger partial charge in [-0.1, -0.05) is 97.9 Å². The van der Waals surface area contributed by atoms with Crippen molar-refractivity contribution in [1.82, 2.24) is 0 Å². The summed E-state index contributed by atoms with van der Waals surface area (Å²) in [5.41, 5.74) is 6.39. The Balaban J connectivity index is 1.86. The Labute approximate surface area is 170 Å². The smallest absolute Gasteiger partial charge is 0.187 e. The Morgan fingerprint density at radius 2 is 1.54 bits per heavy atom. The fraction of sp³-hybridized carbons (Fsp3) is 0.500. The molecule has 0 aliphatic carbocycles. The summed E-state index contributed by atoms with van der Waals surface area (Å²) in [6.07, 6.45) is 0. The SMILES string of the molecule is CC(C)(C)c1cc(C(C)(C)C)c2c(c1)C(C)(C)C1C(C(=O)c3ccccc3)N21. The maximum Gasteiger partial charge on any atom is 0.187 e. The summed E-state index contributed by atoms with van der Waals surface area (Å²) in [7, 11) is 0. The lowest BCUT2D eigenvalue weighted by Gasteiger charge is -2.31. The second-order valence-electron chi connectivity index (χ2n) is 11.2. The first-order valence-electron chi connectivity index (χ1n) is 10.4. The highest BCUT2D eigenvalue weighted by molar-refractivity contribution is 6.08. The van der Waals surface area contributed by atoms with Crippen LogP contribution in [0.1, 0.15) is 82.4 Å². The van der Waals surface area contributed by atoms with Crippen LogP contribution in [0.3, 0.4) is 0 Å². The van der Waals surface area contributed by atoms with Crippen LogP contribution in [-0.4, -0.2) is 17.9 Å². The van der Waals surface area contributed by atoms with Crippen molar-refractivity contribution in [2.75, 3.05) is 4.90 Å². The van der Waals surface area contributed by atoms with Crippen molar-refractivity contribution in [3.63, 3.8) is 0 Å². The minimum Gasteiger partial charge on any atom is -0.352 e. The molecule has 2 heteroatoms. The van der Waals surface area contributed by atoms with Crippen LogP contribution in [0, 0.1) is 0 Å². The topological polar surface area (TPSA) is 20.1 Å². The summed E-state index contributed by atoms with van der Waals surface area (Å²) in [4.78, 5) is 15.7. The normalized spacial score (nSPS) is 22.6. The third-order valence-corrected chi connectivity index (χ3v) is 6.61. The first kappa shape index (κ1) is 19.2. The van der Waals surface area contributed by atoms with Crippen LogP contribution in [-0.2, 0) is 16.2 Å². The quantitative estimate of drug-likeness (QED) is 0.473. The zero-order chi connectivity index (χ0) is 20.6. The molecule has 2 aromatic rings. The average molecular weight is 376 g/mol. The van der Waals surface area contributed by atoms with E-state index in [2.05, 4.69) is 72.4 Å². The molecule has 2 nitrogen and oxygen atoms in total. The summed E-state index contributed by atoms with van der Waals surface area (Å²) < 4.78 is 0. The third kappa shape index (κ3) is 2.72. The van der Waals surface area contributed by atoms with E-state index in [1.807, 2.05) is 30.3 Å². The highest BCUT2D eigenvalue weighted by atomic mass is 16.1. The van der Waals surface area contributed by atoms with E-state index in [-0.39, 0.29) is 34.1 Å². The van der Waals surface area contributed by atoms with Gasteiger partial charge >= 0.3 is 0 Å². The van der Waals surface area contributed by atoms with Crippen LogP contribution in [0.2, 0.25) is 0 Å². The van der Waals surface area contributed by atoms with Crippen molar-refractivity contribution in [3.8, 4) is 0 Å². The van der Waals surface area contributed by atoms with E-state index in [0.29, 0.717) is 0 Å². The molecule has 0 saturated carbocycles. The molecule has 0 amide bonds. The zero-order valence-corrected chi connectivity index (χ0v) is 18.6. The van der Waals surface area contributed by atoms with Crippen LogP contribution in [0.15, 0.2) is 42.5 Å². The first-order valence-corrected chi connectivity index (χ1v) is 10.4. The number of rotatable bonds is 2. The van der Waals surface area contributed by atoms with Crippen LogP contribution in [0.25, 0.3) is 0 Å². The largest absolute Gasteiger partial charge is 0.352 e. The zero-order valence-electron chi connectivity index (χ0n) is 18.6. The summed E-state index contributed by atoms with van der Waals surface area (Å²) in [6.45, 7) is 18.3. The predicted octanol–water partition coefficient (Wildman–Crippen LogP) is 6.01. The van der Waals surface area contributed by atoms with E-state index in [1.165, 1.54) is 22.4 Å². The molecule has 0 radical (unpaired) electrons. The molecule has 0 bridgehead atoms. The Bertz CT molecular complexity index is 941. The van der Waals surface area contributed by atoms with Crippen molar-refractivity contribution in [3.05, 3.63) is 64.7 Å². The number of carbonyl (C=O) groups is 1. The molecule has 2 aliphatic rings. The minimum atomic E-state index is -0.0360. The van der Waals surface area contributed by atoms with E-state index in [1.54, 1.807) is 0 Å². The van der Waals surface area contributed by atoms with Crippen molar-refractivity contribution < 1.29 is 4.79 Å². The van der Waals surface area contributed by atoms with Crippen LogP contribution >= 0.6 is 0 Å². The monoisotopic (exact) mass is 375 g/mol. The van der Waals surface area contributed by atoms with Gasteiger partial charge in [0.25, 0.3) is 0 Å². The molecule has 28 heavy (non-hydrogen) atoms. The van der Waals surface area contributed by atoms with Crippen molar-refractivity contribution in [2.24, 2.45) is 0 Å². The molecule has 0 N–H and O–H groups in total. The number of hydrogen-bond acceptors (Lipinski definition) is 2. The van der Waals surface area contributed by atoms with Gasteiger partial charge in [0.2, 0.25) is 0 Å². The van der Waals surface area contributed by atoms with E-state index in [4.69, 9.17) is 0 Å². The summed E-state index contributed by atoms with van der Waals surface area (Å²) in [5.74, 6) is 0.254. The molecule has 2 heterocycles. The van der Waals surface area contributed by atoms with Crippen molar-refractivity contribution >= 4 is 11.5 Å². The number of Topliss-reactive ketones (excluding diaryl/α,β-unsaturated/α-hetero) is 1. The van der Waals surface area contributed by atoms with Gasteiger partial charge in [0.15, 0.2) is 5.78 Å². The predicted molar refractivity (Wildman–Crippen MR) is 118 cm³/mol. The molecule has 1 fully saturated rings. The van der Waals surface area contributed by atoms with Crippen LogP contribution in [0.5, 0.6) is 0 Å². The van der Waals surface area contributed by atoms with Crippen molar-refractivity contribution in [1.29, 1.82) is 0 Å². The Hall–Kier alpha value is -2.09. The first-order chi connectivity index (χ1) is 12.8. The van der Waals surface area contributed by atoms with Gasteiger partial charge < -0.3 is 4.90 Å². The Kier molecular flexibility index (Phi) is 3.93. The fourth-order valence-electron chi connectivity index (χ4n) is 4.86. The lowest BCUT2D eigenvalue weighted by Crippen LogP contribution is -2.29. The molecule has 2 unspecified atom stereocenters. The minimum absolute atomic E-state index is 0.0270. The molecule has 0 aromatic heterocycles. The number of hydrogen-bond donors (Lipinski definition) is 0. The highest BCUT2D eigenvalue weighted by Gasteiger charge is 2.66. The van der Waals surface area contributed by atoms with Gasteiger partial charge in [0, 0.05) is 16.7 Å². The van der Waals surface area contributed by atoms with Crippen LogP contribution in [0.4, 0.5) is 5.69 Å². The maximum absolute atomic E-state index is 13.3. The van der Waals surface area contributed by atoms with Crippen molar-refractivity contribution in [2.45, 2.75) is 83.7 Å². The van der Waals surface area contributed by atoms with Gasteiger partial charge in [0.1, 0.15) is 6.04 Å². The van der Waals surface area contributed by atoms with E-state index in [0.717, 1.165) is 5.56 Å². The van der Waals surface area contributed by atoms with Gasteiger partial charge in [-0.25, -0.2) is 0 Å². The summed E-state index contributed by atoms with van der Waals surface area (Å²) in [6, 6.07) is 14.8. The van der Waals surface area contributed by atoms with Gasteiger partial charge in [-0.05, 0) is 27.5 Å². The molecule has 148 valence electrons. The van der Waals surface area contributed by atoms with Gasteiger partial charge in [-0.3, -0.25) is 4.79 Å². The van der Waals surface area contributed by atoms with E-state index in [9.17, 15) is 4.79 Å². The fourth-order valence-corrected chi connectivity index (χ4v) is 4.86. The number of carbonyl (C=O) groups excluding carboxylic acids is 1. The molecular formula is C26H33NO. The van der Waals surface area contributed by atoms with E-state index >= 15 is 0 Å². The number of fused-ring (bicyclic) bond motifs is 3. The average Bonchev–Trinajstić information content (AvgIpc) is 3.30. The Morgan fingerprint density at radius 1 is 0.929 bits per heavy atom. The number of nitrogens with zero attached hydrogens (tertiary/aromatic N) is 1. The van der Waals surface area contributed by atoms with E-state index < -0.39 is 0 Å². The Morgan fingerprint density at radius 3 is 2.07 bits per heavy atom. The third-order valence-electron chi connectivity index (χ3n) is 6.61.